The average molecular weight is 316 g/mol. The Kier molecular flexibility index (Phi) is 6.89. The molecule has 0 aliphatic heterocycles. The first-order valence-electron chi connectivity index (χ1n) is 6.64. The van der Waals surface area contributed by atoms with Gasteiger partial charge < -0.3 is 4.90 Å². The van der Waals surface area contributed by atoms with Gasteiger partial charge in [0.15, 0.2) is 0 Å². The first-order valence-corrected chi connectivity index (χ1v) is 6.64. The summed E-state index contributed by atoms with van der Waals surface area (Å²) in [7, 11) is 0. The summed E-state index contributed by atoms with van der Waals surface area (Å²) in [5.74, 6) is -1.22. The second kappa shape index (κ2) is 8.90. The number of carbonyl (C=O) groups is 1. The Morgan fingerprint density at radius 2 is 1.91 bits per heavy atom. The van der Waals surface area contributed by atoms with Crippen molar-refractivity contribution in [3.05, 3.63) is 45.8 Å². The minimum atomic E-state index is -0.746. The fourth-order valence-corrected chi connectivity index (χ4v) is 1.78. The molecule has 0 aliphatic rings. The summed E-state index contributed by atoms with van der Waals surface area (Å²) in [5, 5.41) is 28.0. The Hall–Kier alpha value is -3.26. The smallest absolute Gasteiger partial charge is 0.279 e. The predicted molar refractivity (Wildman–Crippen MR) is 79.1 cm³/mol. The molecule has 118 valence electrons. The molecule has 1 rings (SSSR count). The van der Waals surface area contributed by atoms with E-state index in [-0.39, 0.29) is 31.5 Å². The third kappa shape index (κ3) is 5.56. The van der Waals surface area contributed by atoms with Crippen molar-refractivity contribution in [2.45, 2.75) is 12.8 Å². The van der Waals surface area contributed by atoms with Gasteiger partial charge in [-0.15, -0.1) is 0 Å². The van der Waals surface area contributed by atoms with Crippen molar-refractivity contribution in [2.24, 2.45) is 0 Å². The van der Waals surface area contributed by atoms with E-state index in [1.165, 1.54) is 17.0 Å². The summed E-state index contributed by atoms with van der Waals surface area (Å²) in [6.07, 6.45) is 2.55. The van der Waals surface area contributed by atoms with Crippen LogP contribution in [0.2, 0.25) is 0 Å². The highest BCUT2D eigenvalue weighted by Gasteiger charge is 2.14. The lowest BCUT2D eigenvalue weighted by atomic mass is 10.1. The van der Waals surface area contributed by atoms with Crippen LogP contribution in [0, 0.1) is 38.6 Å². The van der Waals surface area contributed by atoms with E-state index in [9.17, 15) is 19.3 Å². The lowest BCUT2D eigenvalue weighted by Gasteiger charge is -2.18. The molecule has 0 saturated heterocycles. The fourth-order valence-electron chi connectivity index (χ4n) is 1.78. The number of nitrogens with zero attached hydrogens (tertiary/aromatic N) is 4. The van der Waals surface area contributed by atoms with Crippen LogP contribution in [-0.4, -0.2) is 28.8 Å². The molecule has 0 unspecified atom stereocenters. The quantitative estimate of drug-likeness (QED) is 0.435. The van der Waals surface area contributed by atoms with Gasteiger partial charge in [0.2, 0.25) is 5.91 Å². The van der Waals surface area contributed by atoms with Crippen molar-refractivity contribution in [2.75, 3.05) is 13.1 Å². The van der Waals surface area contributed by atoms with Crippen LogP contribution in [0.25, 0.3) is 6.08 Å². The Balaban J connectivity index is 2.93. The highest BCUT2D eigenvalue weighted by molar-refractivity contribution is 5.92. The minimum Gasteiger partial charge on any atom is -0.337 e. The number of nitro groups is 1. The zero-order valence-electron chi connectivity index (χ0n) is 12.1. The van der Waals surface area contributed by atoms with Crippen molar-refractivity contribution in [3.8, 4) is 12.1 Å². The van der Waals surface area contributed by atoms with Gasteiger partial charge in [0.25, 0.3) is 5.69 Å². The topological polar surface area (TPSA) is 111 Å². The van der Waals surface area contributed by atoms with Gasteiger partial charge in [-0.1, -0.05) is 0 Å². The van der Waals surface area contributed by atoms with Crippen LogP contribution in [0.1, 0.15) is 18.4 Å². The molecule has 0 radical (unpaired) electrons. The molecule has 23 heavy (non-hydrogen) atoms. The molecular weight excluding hydrogens is 303 g/mol. The lowest BCUT2D eigenvalue weighted by Crippen LogP contribution is -2.31. The van der Waals surface area contributed by atoms with Crippen molar-refractivity contribution in [1.82, 2.24) is 4.90 Å². The van der Waals surface area contributed by atoms with E-state index in [0.717, 1.165) is 18.2 Å². The molecule has 0 atom stereocenters. The summed E-state index contributed by atoms with van der Waals surface area (Å²) >= 11 is 0. The highest BCUT2D eigenvalue weighted by atomic mass is 19.1. The number of hydrogen-bond donors (Lipinski definition) is 0. The average Bonchev–Trinajstić information content (AvgIpc) is 2.53. The first-order chi connectivity index (χ1) is 11.0. The second-order valence-electron chi connectivity index (χ2n) is 4.44. The van der Waals surface area contributed by atoms with Gasteiger partial charge in [-0.25, -0.2) is 4.39 Å². The number of rotatable bonds is 7. The first kappa shape index (κ1) is 17.8. The zero-order valence-corrected chi connectivity index (χ0v) is 12.1. The molecule has 0 fully saturated rings. The Morgan fingerprint density at radius 1 is 1.30 bits per heavy atom. The van der Waals surface area contributed by atoms with Gasteiger partial charge in [0.05, 0.1) is 41.5 Å². The summed E-state index contributed by atoms with van der Waals surface area (Å²) in [4.78, 5) is 23.5. The maximum absolute atomic E-state index is 13.0. The molecule has 1 aromatic carbocycles. The van der Waals surface area contributed by atoms with E-state index < -0.39 is 22.3 Å². The third-order valence-corrected chi connectivity index (χ3v) is 2.89. The van der Waals surface area contributed by atoms with E-state index in [1.54, 1.807) is 0 Å². The van der Waals surface area contributed by atoms with Gasteiger partial charge >= 0.3 is 0 Å². The third-order valence-electron chi connectivity index (χ3n) is 2.89. The van der Waals surface area contributed by atoms with Crippen molar-refractivity contribution in [1.29, 1.82) is 10.5 Å². The molecule has 0 spiro atoms. The van der Waals surface area contributed by atoms with Crippen LogP contribution in [0.4, 0.5) is 10.1 Å². The van der Waals surface area contributed by atoms with Crippen LogP contribution in [-0.2, 0) is 4.79 Å². The van der Waals surface area contributed by atoms with Gasteiger partial charge in [-0.2, -0.15) is 10.5 Å². The highest BCUT2D eigenvalue weighted by Crippen LogP contribution is 2.21. The summed E-state index contributed by atoms with van der Waals surface area (Å²) < 4.78 is 13.0. The predicted octanol–water partition coefficient (Wildman–Crippen LogP) is 2.40. The standard InChI is InChI=1S/C15H13FN4O3/c16-13-5-3-12(14(11-13)20(22)23)4-6-15(21)19(9-1-7-17)10-2-8-18/h3-6,11H,1-2,9-10H2. The molecule has 0 heterocycles. The van der Waals surface area contributed by atoms with E-state index in [0.29, 0.717) is 0 Å². The Morgan fingerprint density at radius 3 is 2.43 bits per heavy atom. The van der Waals surface area contributed by atoms with Crippen LogP contribution in [0.15, 0.2) is 24.3 Å². The molecule has 0 aromatic heterocycles. The number of nitriles is 2. The lowest BCUT2D eigenvalue weighted by molar-refractivity contribution is -0.385. The normalized spacial score (nSPS) is 10.0. The largest absolute Gasteiger partial charge is 0.337 e. The molecule has 7 nitrogen and oxygen atoms in total. The van der Waals surface area contributed by atoms with E-state index in [2.05, 4.69) is 0 Å². The Bertz CT molecular complexity index is 686. The Labute approximate surface area is 132 Å². The van der Waals surface area contributed by atoms with Crippen LogP contribution < -0.4 is 0 Å². The monoisotopic (exact) mass is 316 g/mol. The molecule has 1 amide bonds. The van der Waals surface area contributed by atoms with Gasteiger partial charge in [0, 0.05) is 19.2 Å². The SMILES string of the molecule is N#CCCN(CCC#N)C(=O)C=Cc1ccc(F)cc1[N+](=O)[O-]. The molecule has 0 aliphatic carbocycles. The van der Waals surface area contributed by atoms with Gasteiger partial charge in [-0.05, 0) is 18.2 Å². The number of carbonyl (C=O) groups excluding carboxylic acids is 1. The molecule has 1 aromatic rings. The molecule has 0 bridgehead atoms. The second-order valence-corrected chi connectivity index (χ2v) is 4.44. The van der Waals surface area contributed by atoms with Crippen LogP contribution >= 0.6 is 0 Å². The summed E-state index contributed by atoms with van der Waals surface area (Å²) in [6.45, 7) is 0.319. The number of benzene rings is 1. The number of amides is 1. The maximum Gasteiger partial charge on any atom is 0.279 e. The minimum absolute atomic E-state index is 0.0882. The van der Waals surface area contributed by atoms with Crippen molar-refractivity contribution >= 4 is 17.7 Å². The zero-order chi connectivity index (χ0) is 17.2. The van der Waals surface area contributed by atoms with Crippen molar-refractivity contribution < 1.29 is 14.1 Å². The molecule has 0 N–H and O–H groups in total. The van der Waals surface area contributed by atoms with Gasteiger partial charge in [-0.3, -0.25) is 14.9 Å². The van der Waals surface area contributed by atoms with Crippen molar-refractivity contribution in [3.63, 3.8) is 0 Å². The van der Waals surface area contributed by atoms with Crippen LogP contribution in [0.3, 0.4) is 0 Å². The number of nitro benzene ring substituents is 1. The van der Waals surface area contributed by atoms with E-state index >= 15 is 0 Å². The fraction of sp³-hybridized carbons (Fsp3) is 0.267. The number of halogens is 1. The van der Waals surface area contributed by atoms with Crippen LogP contribution in [0.5, 0.6) is 0 Å². The molecule has 0 saturated carbocycles. The maximum atomic E-state index is 13.0. The summed E-state index contributed by atoms with van der Waals surface area (Å²) in [5.41, 5.74) is -0.361. The molecular formula is C15H13FN4O3. The number of hydrogen-bond acceptors (Lipinski definition) is 5. The molecule has 8 heteroatoms. The summed E-state index contributed by atoms with van der Waals surface area (Å²) in [6, 6.07) is 6.83. The van der Waals surface area contributed by atoms with E-state index in [4.69, 9.17) is 10.5 Å². The van der Waals surface area contributed by atoms with E-state index in [1.807, 2.05) is 12.1 Å². The van der Waals surface area contributed by atoms with Gasteiger partial charge in [0.1, 0.15) is 5.82 Å².